The standard InChI is InChI=1S/C11H23N3O2/c1-5-7(3)9(14-11(12)16)10(15)13-8(4)6-2/h7-9H,5-6H2,1-4H3,(H,13,15)(H3,12,14,16)/t7-,8+,9-/m0/s1. The van der Waals surface area contributed by atoms with Crippen LogP contribution in [0.4, 0.5) is 4.79 Å². The van der Waals surface area contributed by atoms with E-state index in [1.807, 2.05) is 27.7 Å². The molecule has 0 unspecified atom stereocenters. The largest absolute Gasteiger partial charge is 0.352 e. The number of rotatable bonds is 6. The van der Waals surface area contributed by atoms with E-state index < -0.39 is 12.1 Å². The lowest BCUT2D eigenvalue weighted by Gasteiger charge is -2.24. The molecule has 0 aromatic carbocycles. The van der Waals surface area contributed by atoms with Gasteiger partial charge in [-0.1, -0.05) is 27.2 Å². The minimum Gasteiger partial charge on any atom is -0.352 e. The number of nitrogens with two attached hydrogens (primary N) is 1. The lowest BCUT2D eigenvalue weighted by atomic mass is 9.98. The summed E-state index contributed by atoms with van der Waals surface area (Å²) < 4.78 is 0. The van der Waals surface area contributed by atoms with Crippen molar-refractivity contribution in [2.75, 3.05) is 0 Å². The molecular weight excluding hydrogens is 206 g/mol. The van der Waals surface area contributed by atoms with Gasteiger partial charge in [0.1, 0.15) is 6.04 Å². The summed E-state index contributed by atoms with van der Waals surface area (Å²) in [5, 5.41) is 5.33. The number of primary amides is 1. The van der Waals surface area contributed by atoms with E-state index in [0.29, 0.717) is 0 Å². The molecule has 94 valence electrons. The summed E-state index contributed by atoms with van der Waals surface area (Å²) in [6.45, 7) is 7.80. The first-order chi connectivity index (χ1) is 7.42. The van der Waals surface area contributed by atoms with E-state index in [2.05, 4.69) is 10.6 Å². The van der Waals surface area contributed by atoms with E-state index in [-0.39, 0.29) is 17.9 Å². The molecule has 0 heterocycles. The van der Waals surface area contributed by atoms with Crippen molar-refractivity contribution in [3.8, 4) is 0 Å². The SMILES string of the molecule is CC[C@@H](C)NC(=O)[C@@H](NC(N)=O)[C@@H](C)CC. The van der Waals surface area contributed by atoms with Gasteiger partial charge in [0.25, 0.3) is 0 Å². The number of urea groups is 1. The molecule has 5 nitrogen and oxygen atoms in total. The maximum Gasteiger partial charge on any atom is 0.312 e. The third-order valence-electron chi connectivity index (χ3n) is 2.79. The Hall–Kier alpha value is -1.26. The van der Waals surface area contributed by atoms with E-state index >= 15 is 0 Å². The van der Waals surface area contributed by atoms with E-state index in [9.17, 15) is 9.59 Å². The molecule has 0 radical (unpaired) electrons. The third kappa shape index (κ3) is 5.00. The molecule has 0 fully saturated rings. The van der Waals surface area contributed by atoms with Gasteiger partial charge < -0.3 is 16.4 Å². The lowest BCUT2D eigenvalue weighted by Crippen LogP contribution is -2.53. The Balaban J connectivity index is 4.49. The van der Waals surface area contributed by atoms with Gasteiger partial charge in [0.15, 0.2) is 0 Å². The number of hydrogen-bond donors (Lipinski definition) is 3. The average molecular weight is 229 g/mol. The van der Waals surface area contributed by atoms with Gasteiger partial charge >= 0.3 is 6.03 Å². The third-order valence-corrected chi connectivity index (χ3v) is 2.79. The maximum absolute atomic E-state index is 11.9. The van der Waals surface area contributed by atoms with Crippen LogP contribution >= 0.6 is 0 Å². The molecule has 0 saturated heterocycles. The van der Waals surface area contributed by atoms with E-state index in [1.165, 1.54) is 0 Å². The topological polar surface area (TPSA) is 84.2 Å². The molecule has 0 spiro atoms. The highest BCUT2D eigenvalue weighted by molar-refractivity contribution is 5.86. The Morgan fingerprint density at radius 1 is 1.12 bits per heavy atom. The maximum atomic E-state index is 11.9. The molecule has 0 bridgehead atoms. The van der Waals surface area contributed by atoms with E-state index in [0.717, 1.165) is 12.8 Å². The van der Waals surface area contributed by atoms with Gasteiger partial charge in [-0.25, -0.2) is 4.79 Å². The Morgan fingerprint density at radius 3 is 2.06 bits per heavy atom. The van der Waals surface area contributed by atoms with Gasteiger partial charge in [-0.2, -0.15) is 0 Å². The molecule has 0 rings (SSSR count). The van der Waals surface area contributed by atoms with Crippen LogP contribution in [-0.2, 0) is 4.79 Å². The lowest BCUT2D eigenvalue weighted by molar-refractivity contribution is -0.124. The molecule has 3 amide bonds. The van der Waals surface area contributed by atoms with E-state index in [4.69, 9.17) is 5.73 Å². The zero-order valence-electron chi connectivity index (χ0n) is 10.5. The molecule has 3 atom stereocenters. The first kappa shape index (κ1) is 14.7. The second kappa shape index (κ2) is 7.09. The van der Waals surface area contributed by atoms with Crippen molar-refractivity contribution in [2.24, 2.45) is 11.7 Å². The normalized spacial score (nSPS) is 16.0. The quantitative estimate of drug-likeness (QED) is 0.634. The molecule has 0 aliphatic rings. The van der Waals surface area contributed by atoms with Crippen molar-refractivity contribution in [1.82, 2.24) is 10.6 Å². The molecule has 0 aromatic rings. The predicted octanol–water partition coefficient (Wildman–Crippen LogP) is 0.984. The van der Waals surface area contributed by atoms with Crippen molar-refractivity contribution in [3.63, 3.8) is 0 Å². The van der Waals surface area contributed by atoms with Gasteiger partial charge in [0, 0.05) is 6.04 Å². The molecule has 0 aliphatic carbocycles. The van der Waals surface area contributed by atoms with Crippen LogP contribution in [0.1, 0.15) is 40.5 Å². The minimum absolute atomic E-state index is 0.0663. The fourth-order valence-electron chi connectivity index (χ4n) is 1.29. The zero-order chi connectivity index (χ0) is 12.7. The number of hydrogen-bond acceptors (Lipinski definition) is 2. The highest BCUT2D eigenvalue weighted by atomic mass is 16.2. The van der Waals surface area contributed by atoms with Crippen LogP contribution in [0, 0.1) is 5.92 Å². The Morgan fingerprint density at radius 2 is 1.69 bits per heavy atom. The fraction of sp³-hybridized carbons (Fsp3) is 0.818. The monoisotopic (exact) mass is 229 g/mol. The van der Waals surface area contributed by atoms with Crippen LogP contribution in [0.5, 0.6) is 0 Å². The van der Waals surface area contributed by atoms with Gasteiger partial charge in [-0.3, -0.25) is 4.79 Å². The summed E-state index contributed by atoms with van der Waals surface area (Å²) >= 11 is 0. The highest BCUT2D eigenvalue weighted by Gasteiger charge is 2.25. The predicted molar refractivity (Wildman–Crippen MR) is 63.9 cm³/mol. The van der Waals surface area contributed by atoms with Crippen LogP contribution in [0.2, 0.25) is 0 Å². The van der Waals surface area contributed by atoms with Gasteiger partial charge in [0.2, 0.25) is 5.91 Å². The van der Waals surface area contributed by atoms with Gasteiger partial charge in [-0.05, 0) is 19.3 Å². The highest BCUT2D eigenvalue weighted by Crippen LogP contribution is 2.08. The molecule has 0 aliphatic heterocycles. The Labute approximate surface area is 97.2 Å². The average Bonchev–Trinajstić information content (AvgIpc) is 2.24. The molecular formula is C11H23N3O2. The van der Waals surface area contributed by atoms with E-state index in [1.54, 1.807) is 0 Å². The first-order valence-corrected chi connectivity index (χ1v) is 5.78. The summed E-state index contributed by atoms with van der Waals surface area (Å²) in [5.41, 5.74) is 5.06. The Kier molecular flexibility index (Phi) is 6.53. The molecule has 4 N–H and O–H groups in total. The molecule has 5 heteroatoms. The van der Waals surface area contributed by atoms with Gasteiger partial charge in [-0.15, -0.1) is 0 Å². The van der Waals surface area contributed by atoms with Crippen molar-refractivity contribution in [2.45, 2.75) is 52.6 Å². The first-order valence-electron chi connectivity index (χ1n) is 5.78. The summed E-state index contributed by atoms with van der Waals surface area (Å²) in [6, 6.07) is -1.10. The number of nitrogens with one attached hydrogen (secondary N) is 2. The minimum atomic E-state index is -0.662. The summed E-state index contributed by atoms with van der Waals surface area (Å²) in [6.07, 6.45) is 1.66. The van der Waals surface area contributed by atoms with Crippen molar-refractivity contribution in [3.05, 3.63) is 0 Å². The van der Waals surface area contributed by atoms with Crippen LogP contribution in [-0.4, -0.2) is 24.0 Å². The summed E-state index contributed by atoms with van der Waals surface area (Å²) in [4.78, 5) is 22.7. The van der Waals surface area contributed by atoms with Crippen LogP contribution in [0.15, 0.2) is 0 Å². The molecule has 16 heavy (non-hydrogen) atoms. The fourth-order valence-corrected chi connectivity index (χ4v) is 1.29. The van der Waals surface area contributed by atoms with Crippen molar-refractivity contribution < 1.29 is 9.59 Å². The summed E-state index contributed by atoms with van der Waals surface area (Å²) in [7, 11) is 0. The second-order valence-electron chi connectivity index (χ2n) is 4.19. The summed E-state index contributed by atoms with van der Waals surface area (Å²) in [5.74, 6) is -0.0981. The molecule has 0 aromatic heterocycles. The Bertz CT molecular complexity index is 243. The smallest absolute Gasteiger partial charge is 0.312 e. The van der Waals surface area contributed by atoms with Crippen molar-refractivity contribution in [1.29, 1.82) is 0 Å². The number of carbonyl (C=O) groups is 2. The van der Waals surface area contributed by atoms with Crippen LogP contribution < -0.4 is 16.4 Å². The van der Waals surface area contributed by atoms with Gasteiger partial charge in [0.05, 0.1) is 0 Å². The molecule has 0 saturated carbocycles. The van der Waals surface area contributed by atoms with Crippen molar-refractivity contribution >= 4 is 11.9 Å². The van der Waals surface area contributed by atoms with Crippen LogP contribution in [0.25, 0.3) is 0 Å². The number of carbonyl (C=O) groups excluding carboxylic acids is 2. The zero-order valence-corrected chi connectivity index (χ0v) is 10.5. The number of amides is 3. The second-order valence-corrected chi connectivity index (χ2v) is 4.19. The van der Waals surface area contributed by atoms with Crippen LogP contribution in [0.3, 0.4) is 0 Å².